The largest absolute Gasteiger partial charge is 0.324 e. The molecular formula is C18H19N7O2S. The lowest BCUT2D eigenvalue weighted by molar-refractivity contribution is 0.597. The van der Waals surface area contributed by atoms with Crippen LogP contribution in [0.3, 0.4) is 0 Å². The summed E-state index contributed by atoms with van der Waals surface area (Å²) >= 11 is 0. The smallest absolute Gasteiger partial charge is 0.180 e. The number of hydrogen-bond acceptors (Lipinski definition) is 7. The summed E-state index contributed by atoms with van der Waals surface area (Å²) in [6.45, 7) is 5.26. The summed E-state index contributed by atoms with van der Waals surface area (Å²) < 4.78 is 28.7. The highest BCUT2D eigenvalue weighted by atomic mass is 32.2. The highest BCUT2D eigenvalue weighted by molar-refractivity contribution is 7.91. The summed E-state index contributed by atoms with van der Waals surface area (Å²) in [5.41, 5.74) is 2.64. The fraction of sp³-hybridized carbons (Fsp3) is 0.278. The molecule has 0 amide bonds. The molecule has 0 aliphatic heterocycles. The Hall–Kier alpha value is -3.14. The number of sulfone groups is 1. The summed E-state index contributed by atoms with van der Waals surface area (Å²) in [6.07, 6.45) is 3.26. The summed E-state index contributed by atoms with van der Waals surface area (Å²) in [7, 11) is -1.69. The molecule has 9 nitrogen and oxygen atoms in total. The van der Waals surface area contributed by atoms with E-state index in [0.29, 0.717) is 17.5 Å². The molecule has 4 heterocycles. The number of aryl methyl sites for hydroxylation is 3. The third-order valence-electron chi connectivity index (χ3n) is 4.52. The van der Waals surface area contributed by atoms with Gasteiger partial charge in [0.1, 0.15) is 17.8 Å². The number of rotatable bonds is 4. The molecule has 0 aliphatic carbocycles. The molecule has 0 saturated carbocycles. The first-order chi connectivity index (χ1) is 13.3. The summed E-state index contributed by atoms with van der Waals surface area (Å²) in [5.74, 6) is 1.48. The lowest BCUT2D eigenvalue weighted by Crippen LogP contribution is -2.10. The van der Waals surface area contributed by atoms with Crippen molar-refractivity contribution in [1.29, 1.82) is 0 Å². The Kier molecular flexibility index (Phi) is 4.22. The Morgan fingerprint density at radius 2 is 1.89 bits per heavy atom. The van der Waals surface area contributed by atoms with Crippen molar-refractivity contribution >= 4 is 20.9 Å². The topological polar surface area (TPSA) is 108 Å². The van der Waals surface area contributed by atoms with Gasteiger partial charge in [-0.15, -0.1) is 0 Å². The standard InChI is InChI=1S/C18H19N7O2S/c1-5-28(26,27)15-6-7-16(25-10-20-12(3)23-25)22-17(15)18-21-13-8-11(2)19-9-14(13)24(18)4/h6-10H,5H2,1-4H3. The predicted octanol–water partition coefficient (Wildman–Crippen LogP) is 2.02. The first kappa shape index (κ1) is 18.2. The number of hydrogen-bond donors (Lipinski definition) is 0. The van der Waals surface area contributed by atoms with Gasteiger partial charge in [0.05, 0.1) is 27.9 Å². The molecule has 0 atom stereocenters. The summed E-state index contributed by atoms with van der Waals surface area (Å²) in [4.78, 5) is 17.8. The van der Waals surface area contributed by atoms with Crippen molar-refractivity contribution in [3.05, 3.63) is 42.2 Å². The second kappa shape index (κ2) is 6.48. The molecule has 4 rings (SSSR count). The third kappa shape index (κ3) is 2.95. The zero-order valence-electron chi connectivity index (χ0n) is 15.9. The second-order valence-electron chi connectivity index (χ2n) is 6.46. The van der Waals surface area contributed by atoms with E-state index in [9.17, 15) is 8.42 Å². The van der Waals surface area contributed by atoms with Crippen LogP contribution in [0.25, 0.3) is 28.4 Å². The van der Waals surface area contributed by atoms with Gasteiger partial charge in [0.25, 0.3) is 0 Å². The van der Waals surface area contributed by atoms with E-state index in [0.717, 1.165) is 16.7 Å². The maximum Gasteiger partial charge on any atom is 0.180 e. The molecule has 4 aromatic rings. The van der Waals surface area contributed by atoms with Crippen LogP contribution in [0.15, 0.2) is 35.6 Å². The molecule has 0 aromatic carbocycles. The summed E-state index contributed by atoms with van der Waals surface area (Å²) in [5, 5.41) is 4.26. The molecule has 0 fully saturated rings. The van der Waals surface area contributed by atoms with Gasteiger partial charge in [0.15, 0.2) is 21.5 Å². The lowest BCUT2D eigenvalue weighted by Gasteiger charge is -2.11. The molecule has 0 unspecified atom stereocenters. The molecule has 0 bridgehead atoms. The van der Waals surface area contributed by atoms with Crippen molar-refractivity contribution < 1.29 is 8.42 Å². The van der Waals surface area contributed by atoms with Crippen LogP contribution < -0.4 is 0 Å². The van der Waals surface area contributed by atoms with E-state index in [1.165, 1.54) is 11.0 Å². The van der Waals surface area contributed by atoms with Gasteiger partial charge in [-0.05, 0) is 32.0 Å². The number of imidazole rings is 1. The zero-order valence-corrected chi connectivity index (χ0v) is 16.8. The lowest BCUT2D eigenvalue weighted by atomic mass is 10.3. The fourth-order valence-corrected chi connectivity index (χ4v) is 4.01. The Morgan fingerprint density at radius 3 is 2.57 bits per heavy atom. The van der Waals surface area contributed by atoms with E-state index in [4.69, 9.17) is 0 Å². The number of aromatic nitrogens is 7. The van der Waals surface area contributed by atoms with Gasteiger partial charge < -0.3 is 4.57 Å². The summed E-state index contributed by atoms with van der Waals surface area (Å²) in [6, 6.07) is 5.03. The average molecular weight is 397 g/mol. The third-order valence-corrected chi connectivity index (χ3v) is 6.28. The van der Waals surface area contributed by atoms with Crippen LogP contribution in [0, 0.1) is 13.8 Å². The predicted molar refractivity (Wildman–Crippen MR) is 104 cm³/mol. The van der Waals surface area contributed by atoms with Crippen molar-refractivity contribution in [3.8, 4) is 17.3 Å². The molecule has 0 saturated heterocycles. The van der Waals surface area contributed by atoms with Gasteiger partial charge in [-0.3, -0.25) is 4.98 Å². The van der Waals surface area contributed by atoms with E-state index >= 15 is 0 Å². The van der Waals surface area contributed by atoms with Gasteiger partial charge >= 0.3 is 0 Å². The fourth-order valence-electron chi connectivity index (χ4n) is 2.99. The number of pyridine rings is 2. The van der Waals surface area contributed by atoms with E-state index in [-0.39, 0.29) is 16.3 Å². The van der Waals surface area contributed by atoms with Gasteiger partial charge in [0, 0.05) is 12.7 Å². The van der Waals surface area contributed by atoms with Crippen molar-refractivity contribution in [2.24, 2.45) is 7.05 Å². The highest BCUT2D eigenvalue weighted by Gasteiger charge is 2.24. The van der Waals surface area contributed by atoms with Crippen LogP contribution in [0.2, 0.25) is 0 Å². The minimum atomic E-state index is -3.51. The maximum absolute atomic E-state index is 12.7. The molecule has 0 N–H and O–H groups in total. The van der Waals surface area contributed by atoms with E-state index in [1.807, 2.05) is 20.0 Å². The van der Waals surface area contributed by atoms with Crippen molar-refractivity contribution in [1.82, 2.24) is 34.3 Å². The molecule has 144 valence electrons. The van der Waals surface area contributed by atoms with Crippen molar-refractivity contribution in [3.63, 3.8) is 0 Å². The molecule has 0 spiro atoms. The quantitative estimate of drug-likeness (QED) is 0.518. The molecular weight excluding hydrogens is 378 g/mol. The Labute approximate surface area is 162 Å². The van der Waals surface area contributed by atoms with Gasteiger partial charge in [-0.2, -0.15) is 5.10 Å². The SMILES string of the molecule is CCS(=O)(=O)c1ccc(-n2cnc(C)n2)nc1-c1nc2cc(C)ncc2n1C. The normalized spacial score (nSPS) is 12.0. The minimum absolute atomic E-state index is 0.0337. The molecule has 0 radical (unpaired) electrons. The highest BCUT2D eigenvalue weighted by Crippen LogP contribution is 2.29. The van der Waals surface area contributed by atoms with E-state index < -0.39 is 9.84 Å². The Morgan fingerprint density at radius 1 is 1.11 bits per heavy atom. The van der Waals surface area contributed by atoms with Crippen LogP contribution in [-0.2, 0) is 16.9 Å². The average Bonchev–Trinajstić information content (AvgIpc) is 3.24. The molecule has 28 heavy (non-hydrogen) atoms. The van der Waals surface area contributed by atoms with E-state index in [1.54, 1.807) is 36.7 Å². The van der Waals surface area contributed by atoms with Crippen LogP contribution in [-0.4, -0.2) is 48.5 Å². The Balaban J connectivity index is 2.01. The van der Waals surface area contributed by atoms with Crippen LogP contribution in [0.5, 0.6) is 0 Å². The van der Waals surface area contributed by atoms with Gasteiger partial charge in [-0.1, -0.05) is 6.92 Å². The van der Waals surface area contributed by atoms with Gasteiger partial charge in [-0.25, -0.2) is 28.1 Å². The van der Waals surface area contributed by atoms with Crippen LogP contribution in [0.1, 0.15) is 18.4 Å². The van der Waals surface area contributed by atoms with Crippen LogP contribution >= 0.6 is 0 Å². The second-order valence-corrected chi connectivity index (χ2v) is 8.71. The number of nitrogens with zero attached hydrogens (tertiary/aromatic N) is 7. The Bertz CT molecular complexity index is 1300. The minimum Gasteiger partial charge on any atom is -0.324 e. The van der Waals surface area contributed by atoms with Gasteiger partial charge in [0.2, 0.25) is 0 Å². The number of fused-ring (bicyclic) bond motifs is 1. The molecule has 10 heteroatoms. The van der Waals surface area contributed by atoms with Crippen molar-refractivity contribution in [2.75, 3.05) is 5.75 Å². The molecule has 4 aromatic heterocycles. The van der Waals surface area contributed by atoms with Crippen LogP contribution in [0.4, 0.5) is 0 Å². The first-order valence-electron chi connectivity index (χ1n) is 8.72. The van der Waals surface area contributed by atoms with Crippen molar-refractivity contribution in [2.45, 2.75) is 25.7 Å². The molecule has 0 aliphatic rings. The van der Waals surface area contributed by atoms with E-state index in [2.05, 4.69) is 25.0 Å². The zero-order chi connectivity index (χ0) is 20.1. The first-order valence-corrected chi connectivity index (χ1v) is 10.4. The maximum atomic E-state index is 12.7. The monoisotopic (exact) mass is 397 g/mol.